The molecule has 1 aromatic heterocycles. The van der Waals surface area contributed by atoms with Crippen LogP contribution in [0.4, 0.5) is 0 Å². The molecular weight excluding hydrogens is 268 g/mol. The van der Waals surface area contributed by atoms with Gasteiger partial charge in [0.25, 0.3) is 5.91 Å². The van der Waals surface area contributed by atoms with E-state index in [0.29, 0.717) is 24.5 Å². The van der Waals surface area contributed by atoms with E-state index in [4.69, 9.17) is 0 Å². The van der Waals surface area contributed by atoms with Gasteiger partial charge >= 0.3 is 0 Å². The number of hydrogen-bond acceptors (Lipinski definition) is 4. The molecule has 106 valence electrons. The van der Waals surface area contributed by atoms with Gasteiger partial charge in [0.2, 0.25) is 10.0 Å². The van der Waals surface area contributed by atoms with Gasteiger partial charge in [0.15, 0.2) is 0 Å². The van der Waals surface area contributed by atoms with Crippen molar-refractivity contribution in [1.29, 1.82) is 0 Å². The van der Waals surface area contributed by atoms with Crippen LogP contribution in [0.25, 0.3) is 0 Å². The average molecular weight is 286 g/mol. The number of rotatable bonds is 4. The van der Waals surface area contributed by atoms with Crippen LogP contribution in [0.15, 0.2) is 6.20 Å². The number of aryl methyl sites for hydroxylation is 1. The molecule has 7 nitrogen and oxygen atoms in total. The van der Waals surface area contributed by atoms with Crippen LogP contribution < -0.4 is 4.72 Å². The molecule has 0 bridgehead atoms. The van der Waals surface area contributed by atoms with Gasteiger partial charge in [-0.05, 0) is 26.8 Å². The van der Waals surface area contributed by atoms with Crippen molar-refractivity contribution in [2.45, 2.75) is 25.8 Å². The SMILES string of the molecule is CNS(=O)(=O)CC1CCCN1C(=O)c1cnc(C)[nH]1. The summed E-state index contributed by atoms with van der Waals surface area (Å²) in [5.41, 5.74) is 0.409. The molecule has 0 saturated carbocycles. The van der Waals surface area contributed by atoms with Gasteiger partial charge in [-0.25, -0.2) is 18.1 Å². The minimum atomic E-state index is -3.32. The molecule has 0 radical (unpaired) electrons. The van der Waals surface area contributed by atoms with E-state index in [1.54, 1.807) is 11.8 Å². The predicted octanol–water partition coefficient (Wildman–Crippen LogP) is -0.128. The van der Waals surface area contributed by atoms with Gasteiger partial charge in [0.05, 0.1) is 11.9 Å². The van der Waals surface area contributed by atoms with Crippen molar-refractivity contribution in [2.24, 2.45) is 0 Å². The first-order valence-corrected chi connectivity index (χ1v) is 7.82. The lowest BCUT2D eigenvalue weighted by Gasteiger charge is -2.23. The molecular formula is C11H18N4O3S. The number of likely N-dealkylation sites (tertiary alicyclic amines) is 1. The smallest absolute Gasteiger partial charge is 0.272 e. The summed E-state index contributed by atoms with van der Waals surface area (Å²) < 4.78 is 25.5. The van der Waals surface area contributed by atoms with E-state index in [1.807, 2.05) is 0 Å². The van der Waals surface area contributed by atoms with Crippen molar-refractivity contribution in [3.63, 3.8) is 0 Å². The number of imidazole rings is 1. The third-order valence-electron chi connectivity index (χ3n) is 3.29. The lowest BCUT2D eigenvalue weighted by Crippen LogP contribution is -2.41. The maximum absolute atomic E-state index is 12.3. The molecule has 2 N–H and O–H groups in total. The zero-order valence-corrected chi connectivity index (χ0v) is 11.8. The molecule has 1 saturated heterocycles. The quantitative estimate of drug-likeness (QED) is 0.806. The van der Waals surface area contributed by atoms with E-state index < -0.39 is 10.0 Å². The van der Waals surface area contributed by atoms with Crippen molar-refractivity contribution in [2.75, 3.05) is 19.3 Å². The zero-order chi connectivity index (χ0) is 14.0. The minimum absolute atomic E-state index is 0.0532. The number of H-pyrrole nitrogens is 1. The number of carbonyl (C=O) groups is 1. The number of sulfonamides is 1. The van der Waals surface area contributed by atoms with Crippen LogP contribution in [0.5, 0.6) is 0 Å². The Morgan fingerprint density at radius 2 is 2.37 bits per heavy atom. The van der Waals surface area contributed by atoms with Crippen molar-refractivity contribution < 1.29 is 13.2 Å². The highest BCUT2D eigenvalue weighted by Crippen LogP contribution is 2.20. The lowest BCUT2D eigenvalue weighted by molar-refractivity contribution is 0.0743. The van der Waals surface area contributed by atoms with Crippen molar-refractivity contribution in [1.82, 2.24) is 19.6 Å². The van der Waals surface area contributed by atoms with Gasteiger partial charge < -0.3 is 9.88 Å². The maximum atomic E-state index is 12.3. The van der Waals surface area contributed by atoms with E-state index in [0.717, 1.165) is 6.42 Å². The molecule has 0 aliphatic carbocycles. The highest BCUT2D eigenvalue weighted by atomic mass is 32.2. The molecule has 0 aromatic carbocycles. The minimum Gasteiger partial charge on any atom is -0.338 e. The van der Waals surface area contributed by atoms with Gasteiger partial charge in [-0.3, -0.25) is 4.79 Å². The average Bonchev–Trinajstić information content (AvgIpc) is 2.97. The molecule has 1 fully saturated rings. The Morgan fingerprint density at radius 1 is 1.63 bits per heavy atom. The Hall–Kier alpha value is -1.41. The molecule has 19 heavy (non-hydrogen) atoms. The number of nitrogens with zero attached hydrogens (tertiary/aromatic N) is 2. The summed E-state index contributed by atoms with van der Waals surface area (Å²) >= 11 is 0. The highest BCUT2D eigenvalue weighted by molar-refractivity contribution is 7.89. The summed E-state index contributed by atoms with van der Waals surface area (Å²) in [6, 6.07) is -0.270. The van der Waals surface area contributed by atoms with Gasteiger partial charge in [-0.2, -0.15) is 0 Å². The van der Waals surface area contributed by atoms with Crippen LogP contribution in [0.1, 0.15) is 29.2 Å². The van der Waals surface area contributed by atoms with Crippen LogP contribution in [-0.4, -0.2) is 54.6 Å². The molecule has 1 amide bonds. The third kappa shape index (κ3) is 3.13. The van der Waals surface area contributed by atoms with Gasteiger partial charge in [0, 0.05) is 12.6 Å². The van der Waals surface area contributed by atoms with Gasteiger partial charge in [-0.15, -0.1) is 0 Å². The number of nitrogens with one attached hydrogen (secondary N) is 2. The van der Waals surface area contributed by atoms with Crippen LogP contribution in [0, 0.1) is 6.92 Å². The van der Waals surface area contributed by atoms with Crippen LogP contribution in [0.2, 0.25) is 0 Å². The third-order valence-corrected chi connectivity index (χ3v) is 4.74. The van der Waals surface area contributed by atoms with E-state index in [1.165, 1.54) is 13.2 Å². The second kappa shape index (κ2) is 5.30. The Balaban J connectivity index is 2.13. The monoisotopic (exact) mass is 286 g/mol. The highest BCUT2D eigenvalue weighted by Gasteiger charge is 2.33. The van der Waals surface area contributed by atoms with Gasteiger partial charge in [-0.1, -0.05) is 0 Å². The van der Waals surface area contributed by atoms with Crippen molar-refractivity contribution in [3.8, 4) is 0 Å². The Kier molecular flexibility index (Phi) is 3.91. The normalized spacial score (nSPS) is 19.9. The summed E-state index contributed by atoms with van der Waals surface area (Å²) in [6.07, 6.45) is 3.02. The Labute approximate surface area is 112 Å². The first-order valence-electron chi connectivity index (χ1n) is 6.17. The molecule has 1 aliphatic heterocycles. The van der Waals surface area contributed by atoms with E-state index in [-0.39, 0.29) is 17.7 Å². The van der Waals surface area contributed by atoms with Crippen LogP contribution in [-0.2, 0) is 10.0 Å². The second-order valence-electron chi connectivity index (χ2n) is 4.66. The standard InChI is InChI=1S/C11H18N4O3S/c1-8-13-6-10(14-8)11(16)15-5-3-4-9(15)7-19(17,18)12-2/h6,9,12H,3-5,7H2,1-2H3,(H,13,14). The topological polar surface area (TPSA) is 95.2 Å². The fourth-order valence-electron chi connectivity index (χ4n) is 2.30. The fraction of sp³-hybridized carbons (Fsp3) is 0.636. The Morgan fingerprint density at radius 3 is 2.95 bits per heavy atom. The van der Waals surface area contributed by atoms with E-state index >= 15 is 0 Å². The lowest BCUT2D eigenvalue weighted by atomic mass is 10.2. The number of hydrogen-bond donors (Lipinski definition) is 2. The summed E-state index contributed by atoms with van der Waals surface area (Å²) in [4.78, 5) is 20.8. The first-order chi connectivity index (χ1) is 8.93. The number of aromatic nitrogens is 2. The first kappa shape index (κ1) is 14.0. The molecule has 2 rings (SSSR count). The van der Waals surface area contributed by atoms with Gasteiger partial charge in [0.1, 0.15) is 11.5 Å². The summed E-state index contributed by atoms with van der Waals surface area (Å²) in [5, 5.41) is 0. The molecule has 1 aromatic rings. The Bertz CT molecular complexity index is 566. The molecule has 1 aliphatic rings. The summed E-state index contributed by atoms with van der Waals surface area (Å²) in [7, 11) is -1.93. The maximum Gasteiger partial charge on any atom is 0.272 e. The van der Waals surface area contributed by atoms with Crippen molar-refractivity contribution in [3.05, 3.63) is 17.7 Å². The number of amides is 1. The van der Waals surface area contributed by atoms with Crippen molar-refractivity contribution >= 4 is 15.9 Å². The second-order valence-corrected chi connectivity index (χ2v) is 6.63. The largest absolute Gasteiger partial charge is 0.338 e. The summed E-state index contributed by atoms with van der Waals surface area (Å²) in [5.74, 6) is 0.430. The van der Waals surface area contributed by atoms with Crippen LogP contribution in [0.3, 0.4) is 0 Å². The number of carbonyl (C=O) groups excluding carboxylic acids is 1. The predicted molar refractivity (Wildman–Crippen MR) is 70.2 cm³/mol. The van der Waals surface area contributed by atoms with E-state index in [9.17, 15) is 13.2 Å². The van der Waals surface area contributed by atoms with E-state index in [2.05, 4.69) is 14.7 Å². The zero-order valence-electron chi connectivity index (χ0n) is 11.0. The molecule has 1 unspecified atom stereocenters. The molecule has 2 heterocycles. The molecule has 1 atom stereocenters. The molecule has 0 spiro atoms. The number of aromatic amines is 1. The van der Waals surface area contributed by atoms with Crippen LogP contribution >= 0.6 is 0 Å². The fourth-order valence-corrected chi connectivity index (χ4v) is 3.32. The molecule has 8 heteroatoms. The summed E-state index contributed by atoms with van der Waals surface area (Å²) in [6.45, 7) is 2.35.